The third kappa shape index (κ3) is 2.28. The number of hydrogen-bond acceptors (Lipinski definition) is 3. The molecule has 2 fully saturated rings. The Kier molecular flexibility index (Phi) is 3.65. The van der Waals surface area contributed by atoms with Gasteiger partial charge in [-0.3, -0.25) is 4.79 Å². The summed E-state index contributed by atoms with van der Waals surface area (Å²) in [5, 5.41) is 4.19. The number of fused-ring (bicyclic) bond motifs is 3. The number of carbonyl (C=O) groups excluding carboxylic acids is 1. The van der Waals surface area contributed by atoms with Crippen LogP contribution in [0.25, 0.3) is 11.3 Å². The first-order chi connectivity index (χ1) is 13.3. The number of carbonyl (C=O) groups is 1. The second kappa shape index (κ2) is 5.79. The molecule has 0 radical (unpaired) electrons. The van der Waals surface area contributed by atoms with E-state index in [2.05, 4.69) is 25.6 Å². The van der Waals surface area contributed by atoms with E-state index in [1.807, 2.05) is 11.0 Å². The lowest BCUT2D eigenvalue weighted by Gasteiger charge is -2.40. The number of benzene rings is 1. The average Bonchev–Trinajstić information content (AvgIpc) is 3.35. The summed E-state index contributed by atoms with van der Waals surface area (Å²) >= 11 is 0. The molecule has 4 nitrogen and oxygen atoms in total. The molecule has 0 N–H and O–H groups in total. The van der Waals surface area contributed by atoms with Crippen molar-refractivity contribution in [2.75, 3.05) is 6.54 Å². The van der Waals surface area contributed by atoms with Crippen molar-refractivity contribution in [3.05, 3.63) is 53.6 Å². The van der Waals surface area contributed by atoms with Crippen LogP contribution in [0.1, 0.15) is 44.4 Å². The van der Waals surface area contributed by atoms with Crippen LogP contribution >= 0.6 is 0 Å². The largest absolute Gasteiger partial charge is 0.360 e. The second-order valence-corrected chi connectivity index (χ2v) is 9.14. The molecule has 5 heteroatoms. The van der Waals surface area contributed by atoms with Crippen LogP contribution in [0.3, 0.4) is 0 Å². The zero-order valence-corrected chi connectivity index (χ0v) is 16.4. The topological polar surface area (TPSA) is 46.3 Å². The highest BCUT2D eigenvalue weighted by atomic mass is 19.1. The quantitative estimate of drug-likeness (QED) is 0.707. The van der Waals surface area contributed by atoms with E-state index in [9.17, 15) is 9.18 Å². The van der Waals surface area contributed by atoms with Crippen molar-refractivity contribution < 1.29 is 13.7 Å². The van der Waals surface area contributed by atoms with E-state index in [-0.39, 0.29) is 17.1 Å². The maximum Gasteiger partial charge on any atom is 0.233 e. The molecule has 146 valence electrons. The molecular formula is C23H25FN2O2. The second-order valence-electron chi connectivity index (χ2n) is 9.14. The molecule has 0 unspecified atom stereocenters. The SMILES string of the molecule is C=C1C(C)(C)[C@@H]2CC[C@]1(C(=O)N1CCc3onc(-c4cccc(F)c4)c3C1)C2. The van der Waals surface area contributed by atoms with Gasteiger partial charge in [-0.1, -0.05) is 43.3 Å². The zero-order valence-electron chi connectivity index (χ0n) is 16.4. The number of nitrogens with zero attached hydrogens (tertiary/aromatic N) is 2. The summed E-state index contributed by atoms with van der Waals surface area (Å²) in [5.74, 6) is 1.24. The molecule has 2 atom stereocenters. The normalized spacial score (nSPS) is 27.9. The van der Waals surface area contributed by atoms with E-state index in [0.29, 0.717) is 36.7 Å². The lowest BCUT2D eigenvalue weighted by Crippen LogP contribution is -2.46. The van der Waals surface area contributed by atoms with Crippen LogP contribution in [0.2, 0.25) is 0 Å². The van der Waals surface area contributed by atoms with Gasteiger partial charge in [0.2, 0.25) is 5.91 Å². The van der Waals surface area contributed by atoms with Gasteiger partial charge in [-0.15, -0.1) is 0 Å². The highest BCUT2D eigenvalue weighted by molar-refractivity contribution is 5.88. The molecule has 3 aliphatic rings. The van der Waals surface area contributed by atoms with Gasteiger partial charge in [0.25, 0.3) is 0 Å². The molecule has 0 saturated heterocycles. The van der Waals surface area contributed by atoms with Gasteiger partial charge in [0.1, 0.15) is 17.3 Å². The average molecular weight is 380 g/mol. The number of aromatic nitrogens is 1. The number of halogens is 1. The van der Waals surface area contributed by atoms with Crippen molar-refractivity contribution in [2.24, 2.45) is 16.7 Å². The monoisotopic (exact) mass is 380 g/mol. The molecule has 1 amide bonds. The van der Waals surface area contributed by atoms with Crippen molar-refractivity contribution in [2.45, 2.75) is 46.1 Å². The molecule has 2 heterocycles. The Morgan fingerprint density at radius 3 is 2.93 bits per heavy atom. The minimum atomic E-state index is -0.415. The molecule has 2 aliphatic carbocycles. The summed E-state index contributed by atoms with van der Waals surface area (Å²) < 4.78 is 19.2. The molecule has 1 aliphatic heterocycles. The highest BCUT2D eigenvalue weighted by Gasteiger charge is 2.61. The predicted molar refractivity (Wildman–Crippen MR) is 104 cm³/mol. The molecule has 1 aromatic heterocycles. The standard InChI is InChI=1S/C23H25FN2O2/c1-14-22(2,3)16-7-9-23(14,12-16)21(27)26-10-8-19-18(13-26)20(25-28-19)15-5-4-6-17(24)11-15/h4-6,11,16H,1,7-10,12-13H2,2-3H3/t16-,23+/m1/s1. The van der Waals surface area contributed by atoms with Crippen molar-refractivity contribution in [3.63, 3.8) is 0 Å². The molecule has 2 bridgehead atoms. The minimum Gasteiger partial charge on any atom is -0.360 e. The fourth-order valence-corrected chi connectivity index (χ4v) is 5.67. The van der Waals surface area contributed by atoms with Gasteiger partial charge in [0.05, 0.1) is 12.0 Å². The Bertz CT molecular complexity index is 992. The molecule has 0 spiro atoms. The molecule has 5 rings (SSSR count). The summed E-state index contributed by atoms with van der Waals surface area (Å²) in [5.41, 5.74) is 2.94. The Hall–Kier alpha value is -2.43. The van der Waals surface area contributed by atoms with Crippen LogP contribution in [-0.2, 0) is 17.8 Å². The Labute approximate surface area is 164 Å². The number of hydrogen-bond donors (Lipinski definition) is 0. The van der Waals surface area contributed by atoms with Crippen LogP contribution < -0.4 is 0 Å². The van der Waals surface area contributed by atoms with E-state index < -0.39 is 5.41 Å². The molecule has 28 heavy (non-hydrogen) atoms. The van der Waals surface area contributed by atoms with Gasteiger partial charge >= 0.3 is 0 Å². The van der Waals surface area contributed by atoms with Gasteiger partial charge in [-0.2, -0.15) is 0 Å². The maximum absolute atomic E-state index is 13.7. The van der Waals surface area contributed by atoms with Gasteiger partial charge in [0, 0.05) is 24.1 Å². The van der Waals surface area contributed by atoms with Crippen LogP contribution in [0, 0.1) is 22.6 Å². The van der Waals surface area contributed by atoms with E-state index in [0.717, 1.165) is 36.2 Å². The Morgan fingerprint density at radius 1 is 1.39 bits per heavy atom. The van der Waals surface area contributed by atoms with Crippen molar-refractivity contribution in [1.29, 1.82) is 0 Å². The van der Waals surface area contributed by atoms with Crippen molar-refractivity contribution in [1.82, 2.24) is 10.1 Å². The molecular weight excluding hydrogens is 355 g/mol. The number of amides is 1. The molecule has 2 saturated carbocycles. The summed E-state index contributed by atoms with van der Waals surface area (Å²) in [4.78, 5) is 15.6. The Balaban J connectivity index is 1.46. The van der Waals surface area contributed by atoms with Crippen LogP contribution in [0.15, 0.2) is 40.9 Å². The van der Waals surface area contributed by atoms with Crippen LogP contribution in [0.4, 0.5) is 4.39 Å². The first-order valence-electron chi connectivity index (χ1n) is 10.1. The summed E-state index contributed by atoms with van der Waals surface area (Å²) in [6.45, 7) is 9.91. The summed E-state index contributed by atoms with van der Waals surface area (Å²) in [6.07, 6.45) is 3.56. The van der Waals surface area contributed by atoms with Gasteiger partial charge in [-0.25, -0.2) is 4.39 Å². The highest BCUT2D eigenvalue weighted by Crippen LogP contribution is 2.66. The molecule has 1 aromatic carbocycles. The van der Waals surface area contributed by atoms with E-state index >= 15 is 0 Å². The zero-order chi connectivity index (χ0) is 19.7. The summed E-state index contributed by atoms with van der Waals surface area (Å²) in [7, 11) is 0. The van der Waals surface area contributed by atoms with Gasteiger partial charge in [-0.05, 0) is 42.7 Å². The minimum absolute atomic E-state index is 0.0266. The van der Waals surface area contributed by atoms with Gasteiger partial charge in [0.15, 0.2) is 0 Å². The lowest BCUT2D eigenvalue weighted by molar-refractivity contribution is -0.140. The lowest BCUT2D eigenvalue weighted by atomic mass is 9.68. The van der Waals surface area contributed by atoms with Crippen molar-refractivity contribution in [3.8, 4) is 11.3 Å². The third-order valence-corrected chi connectivity index (χ3v) is 7.51. The van der Waals surface area contributed by atoms with Crippen LogP contribution in [-0.4, -0.2) is 22.5 Å². The number of rotatable bonds is 2. The third-order valence-electron chi connectivity index (χ3n) is 7.51. The first-order valence-corrected chi connectivity index (χ1v) is 10.1. The Morgan fingerprint density at radius 2 is 2.21 bits per heavy atom. The molecule has 2 aromatic rings. The fourth-order valence-electron chi connectivity index (χ4n) is 5.67. The predicted octanol–water partition coefficient (Wildman–Crippen LogP) is 4.75. The van der Waals surface area contributed by atoms with E-state index in [4.69, 9.17) is 4.52 Å². The van der Waals surface area contributed by atoms with E-state index in [1.54, 1.807) is 6.07 Å². The van der Waals surface area contributed by atoms with E-state index in [1.165, 1.54) is 12.1 Å². The maximum atomic E-state index is 13.7. The van der Waals surface area contributed by atoms with Crippen LogP contribution in [0.5, 0.6) is 0 Å². The fraction of sp³-hybridized carbons (Fsp3) is 0.478. The smallest absolute Gasteiger partial charge is 0.233 e. The van der Waals surface area contributed by atoms with Gasteiger partial charge < -0.3 is 9.42 Å². The summed E-state index contributed by atoms with van der Waals surface area (Å²) in [6, 6.07) is 6.36. The van der Waals surface area contributed by atoms with Crippen molar-refractivity contribution >= 4 is 5.91 Å². The first kappa shape index (κ1) is 17.7.